The number of hydrogen-bond acceptors (Lipinski definition) is 0. The zero-order valence-electron chi connectivity index (χ0n) is 30.1. The molecule has 0 N–H and O–H groups in total. The van der Waals surface area contributed by atoms with Crippen LogP contribution in [0.15, 0.2) is 84.0 Å². The first-order valence-electron chi connectivity index (χ1n) is 17.4. The van der Waals surface area contributed by atoms with E-state index in [0.717, 1.165) is 6.42 Å². The summed E-state index contributed by atoms with van der Waals surface area (Å²) in [5, 5.41) is 2.82. The van der Waals surface area contributed by atoms with Gasteiger partial charge in [0, 0.05) is 16.2 Å². The summed E-state index contributed by atoms with van der Waals surface area (Å²) in [6.45, 7) is 28.9. The lowest BCUT2D eigenvalue weighted by molar-refractivity contribution is 0.432. The molecule has 1 atom stereocenters. The fraction of sp³-hybridized carbons (Fsp3) is 0.391. The summed E-state index contributed by atoms with van der Waals surface area (Å²) in [6.07, 6.45) is 6.28. The molecule has 0 bridgehead atoms. The van der Waals surface area contributed by atoms with Gasteiger partial charge in [-0.25, -0.2) is 0 Å². The van der Waals surface area contributed by atoms with Crippen molar-refractivity contribution in [3.8, 4) is 11.1 Å². The van der Waals surface area contributed by atoms with Gasteiger partial charge in [-0.2, -0.15) is 0 Å². The maximum Gasteiger partial charge on any atom is 0.0443 e. The van der Waals surface area contributed by atoms with Crippen LogP contribution < -0.4 is 0 Å². The molecule has 234 valence electrons. The number of hydrogen-bond donors (Lipinski definition) is 0. The third-order valence-corrected chi connectivity index (χ3v) is 12.2. The minimum Gasteiger partial charge on any atom is -0.0655 e. The van der Waals surface area contributed by atoms with Gasteiger partial charge in [0.25, 0.3) is 0 Å². The smallest absolute Gasteiger partial charge is 0.0443 e. The van der Waals surface area contributed by atoms with E-state index in [1.807, 2.05) is 0 Å². The number of allylic oxidation sites excluding steroid dienone is 6. The third-order valence-electron chi connectivity index (χ3n) is 12.2. The molecular weight excluding hydrogens is 553 g/mol. The van der Waals surface area contributed by atoms with Crippen LogP contribution in [0.2, 0.25) is 0 Å². The fourth-order valence-corrected chi connectivity index (χ4v) is 9.96. The second kappa shape index (κ2) is 8.83. The van der Waals surface area contributed by atoms with Crippen LogP contribution in [-0.2, 0) is 16.2 Å². The molecule has 1 spiro atoms. The van der Waals surface area contributed by atoms with Crippen molar-refractivity contribution in [1.82, 2.24) is 0 Å². The van der Waals surface area contributed by atoms with E-state index in [0.29, 0.717) is 0 Å². The van der Waals surface area contributed by atoms with Crippen LogP contribution in [0, 0.1) is 24.7 Å². The van der Waals surface area contributed by atoms with Gasteiger partial charge in [0.05, 0.1) is 0 Å². The Morgan fingerprint density at radius 1 is 0.609 bits per heavy atom. The lowest BCUT2D eigenvalue weighted by Crippen LogP contribution is -2.32. The predicted octanol–water partition coefficient (Wildman–Crippen LogP) is 12.6. The maximum atomic E-state index is 2.71. The molecule has 0 aromatic heterocycles. The highest BCUT2D eigenvalue weighted by molar-refractivity contribution is 6.12. The SMILES string of the molecule is Cc1cc(C)c2ccc3c(c2c1)C1(C=C(C(C)(C)C)C=C(C(C)(C)C)C1)c1ccc2c(c1-3)C(C)(C)C1=C2C(C)(C)c2ccccc21. The summed E-state index contributed by atoms with van der Waals surface area (Å²) in [7, 11) is 0. The first kappa shape index (κ1) is 29.7. The van der Waals surface area contributed by atoms with Crippen LogP contribution in [-0.4, -0.2) is 0 Å². The van der Waals surface area contributed by atoms with Gasteiger partial charge in [-0.05, 0) is 109 Å². The molecule has 4 aliphatic rings. The molecular formula is C46H50. The molecule has 0 amide bonds. The topological polar surface area (TPSA) is 0 Å². The zero-order valence-corrected chi connectivity index (χ0v) is 30.1. The van der Waals surface area contributed by atoms with Crippen LogP contribution in [0.4, 0.5) is 0 Å². The summed E-state index contributed by atoms with van der Waals surface area (Å²) in [5.74, 6) is 0. The van der Waals surface area contributed by atoms with Crippen LogP contribution in [0.5, 0.6) is 0 Å². The van der Waals surface area contributed by atoms with E-state index in [2.05, 4.69) is 156 Å². The third kappa shape index (κ3) is 3.62. The van der Waals surface area contributed by atoms with Crippen molar-refractivity contribution in [2.24, 2.45) is 10.8 Å². The summed E-state index contributed by atoms with van der Waals surface area (Å²) >= 11 is 0. The van der Waals surface area contributed by atoms with Crippen molar-refractivity contribution in [2.45, 2.75) is 106 Å². The van der Waals surface area contributed by atoms with Gasteiger partial charge in [0.2, 0.25) is 0 Å². The minimum absolute atomic E-state index is 0.0360. The maximum absolute atomic E-state index is 2.71. The normalized spacial score (nSPS) is 22.0. The van der Waals surface area contributed by atoms with E-state index < -0.39 is 0 Å². The molecule has 0 saturated heterocycles. The fourth-order valence-electron chi connectivity index (χ4n) is 9.96. The van der Waals surface area contributed by atoms with Gasteiger partial charge in [-0.15, -0.1) is 0 Å². The molecule has 46 heavy (non-hydrogen) atoms. The van der Waals surface area contributed by atoms with E-state index in [9.17, 15) is 0 Å². The van der Waals surface area contributed by atoms with Crippen molar-refractivity contribution in [3.63, 3.8) is 0 Å². The Labute approximate surface area is 277 Å². The van der Waals surface area contributed by atoms with Crippen LogP contribution in [0.3, 0.4) is 0 Å². The van der Waals surface area contributed by atoms with Crippen molar-refractivity contribution in [1.29, 1.82) is 0 Å². The van der Waals surface area contributed by atoms with Crippen LogP contribution >= 0.6 is 0 Å². The molecule has 0 saturated carbocycles. The highest BCUT2D eigenvalue weighted by Crippen LogP contribution is 2.68. The van der Waals surface area contributed by atoms with Crippen LogP contribution in [0.1, 0.15) is 120 Å². The molecule has 0 heterocycles. The average molecular weight is 603 g/mol. The van der Waals surface area contributed by atoms with Crippen molar-refractivity contribution >= 4 is 21.9 Å². The van der Waals surface area contributed by atoms with Crippen molar-refractivity contribution in [3.05, 3.63) is 128 Å². The standard InChI is InChI=1S/C46H50/c1-26-21-27(2)30-17-18-32-37-36(46(38(32)34(30)22-26)24-28(42(3,4)5)23-29(25-46)43(6,7)8)20-19-33-39(37)45(11,12)40-31-15-13-14-16-35(31)44(9,10)41(33)40/h13-24H,25H2,1-12H3. The molecule has 1 unspecified atom stereocenters. The molecule has 0 aliphatic heterocycles. The Bertz CT molecular complexity index is 2140. The molecule has 0 nitrogen and oxygen atoms in total. The molecule has 8 rings (SSSR count). The molecule has 0 radical (unpaired) electrons. The Hall–Kier alpha value is -3.64. The Morgan fingerprint density at radius 2 is 1.28 bits per heavy atom. The van der Waals surface area contributed by atoms with Gasteiger partial charge < -0.3 is 0 Å². The Morgan fingerprint density at radius 3 is 1.98 bits per heavy atom. The average Bonchev–Trinajstić information content (AvgIpc) is 3.48. The lowest BCUT2D eigenvalue weighted by atomic mass is 9.62. The van der Waals surface area contributed by atoms with Crippen molar-refractivity contribution < 1.29 is 0 Å². The van der Waals surface area contributed by atoms with E-state index in [4.69, 9.17) is 0 Å². The number of rotatable bonds is 0. The zero-order chi connectivity index (χ0) is 32.9. The first-order chi connectivity index (χ1) is 21.4. The Balaban J connectivity index is 1.52. The van der Waals surface area contributed by atoms with Crippen LogP contribution in [0.25, 0.3) is 33.0 Å². The minimum atomic E-state index is -0.226. The second-order valence-electron chi connectivity index (χ2n) is 18.0. The number of benzene rings is 4. The summed E-state index contributed by atoms with van der Waals surface area (Å²) < 4.78 is 0. The number of aryl methyl sites for hydroxylation is 2. The summed E-state index contributed by atoms with van der Waals surface area (Å²) in [5.41, 5.74) is 20.4. The Kier molecular flexibility index (Phi) is 5.71. The molecule has 4 aromatic rings. The van der Waals surface area contributed by atoms with E-state index >= 15 is 0 Å². The summed E-state index contributed by atoms with van der Waals surface area (Å²) in [6, 6.07) is 24.0. The van der Waals surface area contributed by atoms with Gasteiger partial charge >= 0.3 is 0 Å². The number of fused-ring (bicyclic) bond motifs is 12. The largest absolute Gasteiger partial charge is 0.0655 e. The molecule has 0 fully saturated rings. The highest BCUT2D eigenvalue weighted by Gasteiger charge is 2.54. The highest BCUT2D eigenvalue weighted by atomic mass is 14.6. The van der Waals surface area contributed by atoms with Gasteiger partial charge in [0.1, 0.15) is 0 Å². The van der Waals surface area contributed by atoms with Crippen molar-refractivity contribution in [2.75, 3.05) is 0 Å². The lowest BCUT2D eigenvalue weighted by Gasteiger charge is -2.41. The van der Waals surface area contributed by atoms with Gasteiger partial charge in [-0.1, -0.05) is 153 Å². The van der Waals surface area contributed by atoms with Gasteiger partial charge in [0.15, 0.2) is 0 Å². The van der Waals surface area contributed by atoms with E-state index in [1.165, 1.54) is 83.1 Å². The van der Waals surface area contributed by atoms with E-state index in [-0.39, 0.29) is 27.1 Å². The summed E-state index contributed by atoms with van der Waals surface area (Å²) in [4.78, 5) is 0. The quantitative estimate of drug-likeness (QED) is 0.188. The predicted molar refractivity (Wildman–Crippen MR) is 199 cm³/mol. The molecule has 4 aliphatic carbocycles. The molecule has 0 heteroatoms. The molecule has 4 aromatic carbocycles. The monoisotopic (exact) mass is 602 g/mol. The van der Waals surface area contributed by atoms with E-state index in [1.54, 1.807) is 5.57 Å². The van der Waals surface area contributed by atoms with Gasteiger partial charge in [-0.3, -0.25) is 0 Å². The second-order valence-corrected chi connectivity index (χ2v) is 18.0. The first-order valence-corrected chi connectivity index (χ1v) is 17.4.